The zero-order valence-corrected chi connectivity index (χ0v) is 22.7. The van der Waals surface area contributed by atoms with Crippen LogP contribution < -0.4 is 10.1 Å². The molecule has 3 rings (SSSR count). The van der Waals surface area contributed by atoms with Gasteiger partial charge in [-0.1, -0.05) is 13.0 Å². The third kappa shape index (κ3) is 7.24. The largest absolute Gasteiger partial charge is 0.488 e. The van der Waals surface area contributed by atoms with E-state index in [9.17, 15) is 36.3 Å². The number of halogens is 3. The Balaban J connectivity index is 1.91. The topological polar surface area (TPSA) is 116 Å². The number of rotatable bonds is 9. The minimum atomic E-state index is -4.48. The van der Waals surface area contributed by atoms with Gasteiger partial charge in [-0.05, 0) is 36.6 Å². The number of thiophene rings is 1. The van der Waals surface area contributed by atoms with E-state index in [1.54, 1.807) is 25.3 Å². The summed E-state index contributed by atoms with van der Waals surface area (Å²) in [7, 11) is -2.34. The van der Waals surface area contributed by atoms with Crippen LogP contribution in [0.3, 0.4) is 0 Å². The summed E-state index contributed by atoms with van der Waals surface area (Å²) >= 11 is 1.09. The third-order valence-corrected chi connectivity index (χ3v) is 9.38. The Hall–Kier alpha value is -2.68. The van der Waals surface area contributed by atoms with Crippen molar-refractivity contribution in [3.05, 3.63) is 41.3 Å². The molecule has 2 heterocycles. The standard InChI is InChI=1S/C24H30F3N3O6S2/c1-15-12-30(16(2)14-31)23(33)18-11-17(28-21(32)8-9-24(25,26)27)6-7-19(18)36-20(15)13-29(3)38(34,35)22-5-4-10-37-22/h4-7,10-11,15-16,20,31H,8-9,12-14H2,1-3H3,(H,28,32)/t15-,16-,20+/m0/s1. The molecule has 9 nitrogen and oxygen atoms in total. The van der Waals surface area contributed by atoms with Crippen molar-refractivity contribution in [1.82, 2.24) is 9.21 Å². The highest BCUT2D eigenvalue weighted by Crippen LogP contribution is 2.32. The van der Waals surface area contributed by atoms with Crippen LogP contribution in [0.2, 0.25) is 0 Å². The van der Waals surface area contributed by atoms with Crippen molar-refractivity contribution in [1.29, 1.82) is 0 Å². The fourth-order valence-corrected chi connectivity index (χ4v) is 6.30. The zero-order chi connectivity index (χ0) is 28.3. The molecule has 0 fully saturated rings. The first-order chi connectivity index (χ1) is 17.7. The second-order valence-electron chi connectivity index (χ2n) is 9.21. The Morgan fingerprint density at radius 3 is 2.66 bits per heavy atom. The number of likely N-dealkylation sites (N-methyl/N-ethyl adjacent to an activating group) is 1. The lowest BCUT2D eigenvalue weighted by Crippen LogP contribution is -2.50. The Kier molecular flexibility index (Phi) is 9.44. The molecule has 0 saturated carbocycles. The molecule has 1 aromatic carbocycles. The number of sulfonamides is 1. The maximum atomic E-state index is 13.4. The van der Waals surface area contributed by atoms with E-state index < -0.39 is 53.0 Å². The zero-order valence-electron chi connectivity index (χ0n) is 21.1. The monoisotopic (exact) mass is 577 g/mol. The molecule has 3 atom stereocenters. The van der Waals surface area contributed by atoms with Crippen molar-refractivity contribution in [3.63, 3.8) is 0 Å². The lowest BCUT2D eigenvalue weighted by Gasteiger charge is -2.38. The number of amides is 2. The van der Waals surface area contributed by atoms with Crippen LogP contribution in [0.4, 0.5) is 18.9 Å². The highest BCUT2D eigenvalue weighted by molar-refractivity contribution is 7.91. The second kappa shape index (κ2) is 12.0. The highest BCUT2D eigenvalue weighted by Gasteiger charge is 2.35. The average molecular weight is 578 g/mol. The van der Waals surface area contributed by atoms with E-state index in [0.29, 0.717) is 0 Å². The number of aliphatic hydroxyl groups excluding tert-OH is 1. The molecule has 1 aromatic heterocycles. The molecule has 0 spiro atoms. The lowest BCUT2D eigenvalue weighted by molar-refractivity contribution is -0.142. The summed E-state index contributed by atoms with van der Waals surface area (Å²) in [4.78, 5) is 26.9. The van der Waals surface area contributed by atoms with Gasteiger partial charge in [-0.15, -0.1) is 11.3 Å². The minimum Gasteiger partial charge on any atom is -0.488 e. The van der Waals surface area contributed by atoms with Gasteiger partial charge in [-0.2, -0.15) is 17.5 Å². The molecule has 2 amide bonds. The van der Waals surface area contributed by atoms with Gasteiger partial charge in [0.1, 0.15) is 16.1 Å². The smallest absolute Gasteiger partial charge is 0.389 e. The molecule has 38 heavy (non-hydrogen) atoms. The summed E-state index contributed by atoms with van der Waals surface area (Å²) in [6.45, 7) is 3.23. The van der Waals surface area contributed by atoms with Gasteiger partial charge in [0.25, 0.3) is 15.9 Å². The molecule has 210 valence electrons. The average Bonchev–Trinajstić information content (AvgIpc) is 3.40. The van der Waals surface area contributed by atoms with Crippen molar-refractivity contribution in [2.24, 2.45) is 5.92 Å². The fraction of sp³-hybridized carbons (Fsp3) is 0.500. The fourth-order valence-electron chi connectivity index (χ4n) is 3.91. The van der Waals surface area contributed by atoms with Crippen molar-refractivity contribution in [3.8, 4) is 5.75 Å². The first kappa shape index (κ1) is 29.9. The van der Waals surface area contributed by atoms with Crippen LogP contribution in [0.1, 0.15) is 37.0 Å². The van der Waals surface area contributed by atoms with Gasteiger partial charge in [0.05, 0.1) is 31.2 Å². The number of fused-ring (bicyclic) bond motifs is 1. The van der Waals surface area contributed by atoms with Crippen LogP contribution in [-0.4, -0.2) is 79.6 Å². The Morgan fingerprint density at radius 1 is 1.34 bits per heavy atom. The summed E-state index contributed by atoms with van der Waals surface area (Å²) in [5, 5.41) is 13.8. The van der Waals surface area contributed by atoms with E-state index in [0.717, 1.165) is 11.3 Å². The Bertz CT molecular complexity index is 1240. The van der Waals surface area contributed by atoms with Crippen molar-refractivity contribution in [2.45, 2.75) is 49.2 Å². The van der Waals surface area contributed by atoms with Gasteiger partial charge in [0.15, 0.2) is 0 Å². The first-order valence-corrected chi connectivity index (χ1v) is 14.1. The molecule has 2 N–H and O–H groups in total. The van der Waals surface area contributed by atoms with E-state index in [2.05, 4.69) is 5.32 Å². The maximum Gasteiger partial charge on any atom is 0.389 e. The van der Waals surface area contributed by atoms with Crippen molar-refractivity contribution < 1.29 is 41.0 Å². The van der Waals surface area contributed by atoms with Gasteiger partial charge in [0, 0.05) is 31.6 Å². The van der Waals surface area contributed by atoms with Gasteiger partial charge in [0.2, 0.25) is 5.91 Å². The summed E-state index contributed by atoms with van der Waals surface area (Å²) in [5.74, 6) is -1.59. The van der Waals surface area contributed by atoms with Crippen LogP contribution in [0, 0.1) is 5.92 Å². The van der Waals surface area contributed by atoms with E-state index >= 15 is 0 Å². The molecule has 2 aromatic rings. The predicted molar refractivity (Wildman–Crippen MR) is 136 cm³/mol. The number of ether oxygens (including phenoxy) is 1. The first-order valence-electron chi connectivity index (χ1n) is 11.8. The predicted octanol–water partition coefficient (Wildman–Crippen LogP) is 3.57. The summed E-state index contributed by atoms with van der Waals surface area (Å²) in [6, 6.07) is 6.66. The summed E-state index contributed by atoms with van der Waals surface area (Å²) in [5.41, 5.74) is 0.131. The molecule has 0 bridgehead atoms. The molecule has 0 radical (unpaired) electrons. The molecular formula is C24H30F3N3O6S2. The number of hydrogen-bond donors (Lipinski definition) is 2. The van der Waals surface area contributed by atoms with Crippen LogP contribution >= 0.6 is 11.3 Å². The quantitative estimate of drug-likeness (QED) is 0.471. The number of anilines is 1. The number of nitrogens with zero attached hydrogens (tertiary/aromatic N) is 2. The highest BCUT2D eigenvalue weighted by atomic mass is 32.2. The number of benzene rings is 1. The van der Waals surface area contributed by atoms with Crippen LogP contribution in [0.15, 0.2) is 39.9 Å². The second-order valence-corrected chi connectivity index (χ2v) is 12.4. The van der Waals surface area contributed by atoms with Crippen molar-refractivity contribution in [2.75, 3.05) is 32.1 Å². The van der Waals surface area contributed by atoms with Crippen molar-refractivity contribution >= 4 is 38.9 Å². The SMILES string of the molecule is C[C@H]1CN([C@@H](C)CO)C(=O)c2cc(NC(=O)CCC(F)(F)F)ccc2O[C@@H]1CN(C)S(=O)(=O)c1cccs1. The number of carbonyl (C=O) groups excluding carboxylic acids is 2. The number of hydrogen-bond acceptors (Lipinski definition) is 7. The number of nitrogens with one attached hydrogen (secondary N) is 1. The molecule has 0 saturated heterocycles. The molecule has 14 heteroatoms. The van der Waals surface area contributed by atoms with E-state index in [1.165, 1.54) is 40.5 Å². The maximum absolute atomic E-state index is 13.4. The molecule has 0 unspecified atom stereocenters. The van der Waals surface area contributed by atoms with E-state index in [4.69, 9.17) is 4.74 Å². The molecule has 1 aliphatic rings. The van der Waals surface area contributed by atoms with Crippen LogP contribution in [-0.2, 0) is 14.8 Å². The van der Waals surface area contributed by atoms with Gasteiger partial charge >= 0.3 is 6.18 Å². The summed E-state index contributed by atoms with van der Waals surface area (Å²) < 4.78 is 70.9. The normalized spacial score (nSPS) is 19.4. The Morgan fingerprint density at radius 2 is 2.05 bits per heavy atom. The Labute approximate surface area is 223 Å². The molecule has 0 aliphatic carbocycles. The number of aliphatic hydroxyl groups is 1. The van der Waals surface area contributed by atoms with Gasteiger partial charge < -0.3 is 20.1 Å². The number of carbonyl (C=O) groups is 2. The number of alkyl halides is 3. The third-order valence-electron chi connectivity index (χ3n) is 6.18. The van der Waals surface area contributed by atoms with E-state index in [1.807, 2.05) is 0 Å². The van der Waals surface area contributed by atoms with Crippen LogP contribution in [0.5, 0.6) is 5.75 Å². The van der Waals surface area contributed by atoms with Gasteiger partial charge in [-0.25, -0.2) is 8.42 Å². The summed E-state index contributed by atoms with van der Waals surface area (Å²) in [6.07, 6.45) is -7.23. The lowest BCUT2D eigenvalue weighted by atomic mass is 9.99. The molecule has 1 aliphatic heterocycles. The van der Waals surface area contributed by atoms with E-state index in [-0.39, 0.29) is 46.8 Å². The molecular weight excluding hydrogens is 547 g/mol. The van der Waals surface area contributed by atoms with Gasteiger partial charge in [-0.3, -0.25) is 9.59 Å². The minimum absolute atomic E-state index is 0.0274. The van der Waals surface area contributed by atoms with Crippen LogP contribution in [0.25, 0.3) is 0 Å².